The molecule has 1 unspecified atom stereocenters. The van der Waals surface area contributed by atoms with Gasteiger partial charge in [0.25, 0.3) is 5.69 Å². The van der Waals surface area contributed by atoms with Crippen LogP contribution in [0.5, 0.6) is 0 Å². The molecule has 1 amide bonds. The fourth-order valence-corrected chi connectivity index (χ4v) is 3.08. The summed E-state index contributed by atoms with van der Waals surface area (Å²) in [6, 6.07) is 4.69. The fourth-order valence-electron chi connectivity index (χ4n) is 2.39. The molecular weight excluding hydrogens is 292 g/mol. The molecule has 1 heterocycles. The highest BCUT2D eigenvalue weighted by atomic mass is 32.2. The number of amides is 1. The van der Waals surface area contributed by atoms with E-state index < -0.39 is 4.92 Å². The van der Waals surface area contributed by atoms with E-state index in [1.807, 2.05) is 0 Å². The maximum Gasteiger partial charge on any atom is 0.272 e. The van der Waals surface area contributed by atoms with Crippen molar-refractivity contribution >= 4 is 34.2 Å². The molecular formula is C14H16N2O4S. The molecule has 1 aliphatic rings. The first-order valence-corrected chi connectivity index (χ1v) is 7.56. The highest BCUT2D eigenvalue weighted by molar-refractivity contribution is 8.13. The minimum atomic E-state index is -0.433. The van der Waals surface area contributed by atoms with E-state index in [2.05, 4.69) is 0 Å². The van der Waals surface area contributed by atoms with Gasteiger partial charge in [0.05, 0.1) is 4.92 Å². The molecule has 1 aromatic carbocycles. The first-order valence-electron chi connectivity index (χ1n) is 6.57. The molecule has 1 aromatic rings. The van der Waals surface area contributed by atoms with Crippen molar-refractivity contribution in [2.45, 2.75) is 20.3 Å². The fraction of sp³-hybridized carbons (Fsp3) is 0.429. The Morgan fingerprint density at radius 2 is 2.24 bits per heavy atom. The van der Waals surface area contributed by atoms with Crippen LogP contribution in [0.15, 0.2) is 18.2 Å². The predicted octanol–water partition coefficient (Wildman–Crippen LogP) is 2.54. The van der Waals surface area contributed by atoms with E-state index in [0.717, 1.165) is 0 Å². The van der Waals surface area contributed by atoms with E-state index in [1.54, 1.807) is 24.0 Å². The second-order valence-corrected chi connectivity index (χ2v) is 6.30. The Labute approximate surface area is 126 Å². The Bertz CT molecular complexity index is 603. The van der Waals surface area contributed by atoms with Gasteiger partial charge in [0.1, 0.15) is 0 Å². The summed E-state index contributed by atoms with van der Waals surface area (Å²) >= 11 is 1.23. The number of aryl methyl sites for hydroxylation is 1. The molecule has 112 valence electrons. The number of benzene rings is 1. The third-order valence-electron chi connectivity index (χ3n) is 3.42. The first kappa shape index (κ1) is 15.5. The van der Waals surface area contributed by atoms with Crippen LogP contribution in [-0.4, -0.2) is 28.2 Å². The SMILES string of the molecule is CC(=O)SCC1CC(=O)N(c2ccc([N+](=O)[O-])c(C)c2)C1. The highest BCUT2D eigenvalue weighted by Crippen LogP contribution is 2.30. The predicted molar refractivity (Wildman–Crippen MR) is 81.4 cm³/mol. The third-order valence-corrected chi connectivity index (χ3v) is 4.46. The number of rotatable bonds is 4. The van der Waals surface area contributed by atoms with Gasteiger partial charge in [0.2, 0.25) is 5.91 Å². The summed E-state index contributed by atoms with van der Waals surface area (Å²) in [7, 11) is 0. The van der Waals surface area contributed by atoms with Gasteiger partial charge in [-0.3, -0.25) is 19.7 Å². The molecule has 21 heavy (non-hydrogen) atoms. The van der Waals surface area contributed by atoms with Gasteiger partial charge in [0, 0.05) is 43.0 Å². The van der Waals surface area contributed by atoms with Gasteiger partial charge in [0.15, 0.2) is 5.12 Å². The molecule has 0 spiro atoms. The minimum absolute atomic E-state index is 0.00240. The molecule has 1 aliphatic heterocycles. The Balaban J connectivity index is 2.12. The van der Waals surface area contributed by atoms with E-state index in [9.17, 15) is 19.7 Å². The third kappa shape index (κ3) is 3.60. The van der Waals surface area contributed by atoms with Crippen LogP contribution in [0.4, 0.5) is 11.4 Å². The van der Waals surface area contributed by atoms with Gasteiger partial charge < -0.3 is 4.90 Å². The average molecular weight is 308 g/mol. The molecule has 0 aliphatic carbocycles. The normalized spacial score (nSPS) is 18.1. The Kier molecular flexibility index (Phi) is 4.62. The number of nitrogens with zero attached hydrogens (tertiary/aromatic N) is 2. The van der Waals surface area contributed by atoms with Crippen LogP contribution in [0.3, 0.4) is 0 Å². The number of nitro benzene ring substituents is 1. The molecule has 7 heteroatoms. The van der Waals surface area contributed by atoms with Crippen LogP contribution in [0.25, 0.3) is 0 Å². The van der Waals surface area contributed by atoms with Crippen molar-refractivity contribution in [3.05, 3.63) is 33.9 Å². The molecule has 0 aromatic heterocycles. The van der Waals surface area contributed by atoms with E-state index in [1.165, 1.54) is 24.8 Å². The van der Waals surface area contributed by atoms with Gasteiger partial charge in [-0.25, -0.2) is 0 Å². The molecule has 6 nitrogen and oxygen atoms in total. The average Bonchev–Trinajstić information content (AvgIpc) is 2.77. The molecule has 0 bridgehead atoms. The lowest BCUT2D eigenvalue weighted by Crippen LogP contribution is -2.24. The summed E-state index contributed by atoms with van der Waals surface area (Å²) in [5.74, 6) is 0.767. The topological polar surface area (TPSA) is 80.5 Å². The van der Waals surface area contributed by atoms with Crippen LogP contribution in [-0.2, 0) is 9.59 Å². The van der Waals surface area contributed by atoms with Crippen molar-refractivity contribution in [2.24, 2.45) is 5.92 Å². The minimum Gasteiger partial charge on any atom is -0.312 e. The van der Waals surface area contributed by atoms with E-state index in [4.69, 9.17) is 0 Å². The zero-order chi connectivity index (χ0) is 15.6. The van der Waals surface area contributed by atoms with Crippen LogP contribution < -0.4 is 4.90 Å². The summed E-state index contributed by atoms with van der Waals surface area (Å²) in [5, 5.41) is 10.9. The van der Waals surface area contributed by atoms with Gasteiger partial charge in [-0.2, -0.15) is 0 Å². The second kappa shape index (κ2) is 6.26. The number of carbonyl (C=O) groups is 2. The van der Waals surface area contributed by atoms with Crippen molar-refractivity contribution in [3.8, 4) is 0 Å². The largest absolute Gasteiger partial charge is 0.312 e. The summed E-state index contributed by atoms with van der Waals surface area (Å²) < 4.78 is 0. The molecule has 1 saturated heterocycles. The lowest BCUT2D eigenvalue weighted by Gasteiger charge is -2.17. The quantitative estimate of drug-likeness (QED) is 0.630. The van der Waals surface area contributed by atoms with Gasteiger partial charge in [-0.1, -0.05) is 11.8 Å². The number of anilines is 1. The summed E-state index contributed by atoms with van der Waals surface area (Å²) in [4.78, 5) is 35.1. The van der Waals surface area contributed by atoms with Gasteiger partial charge >= 0.3 is 0 Å². The van der Waals surface area contributed by atoms with Crippen molar-refractivity contribution in [1.82, 2.24) is 0 Å². The van der Waals surface area contributed by atoms with Gasteiger partial charge in [-0.05, 0) is 25.0 Å². The van der Waals surface area contributed by atoms with Crippen LogP contribution in [0.1, 0.15) is 18.9 Å². The summed E-state index contributed by atoms with van der Waals surface area (Å²) in [6.45, 7) is 3.72. The number of nitro groups is 1. The van der Waals surface area contributed by atoms with Gasteiger partial charge in [-0.15, -0.1) is 0 Å². The monoisotopic (exact) mass is 308 g/mol. The number of hydrogen-bond acceptors (Lipinski definition) is 5. The first-order chi connectivity index (χ1) is 9.88. The zero-order valence-corrected chi connectivity index (χ0v) is 12.7. The Morgan fingerprint density at radius 1 is 1.52 bits per heavy atom. The number of carbonyl (C=O) groups excluding carboxylic acids is 2. The maximum atomic E-state index is 12.1. The van der Waals surface area contributed by atoms with E-state index in [-0.39, 0.29) is 22.6 Å². The van der Waals surface area contributed by atoms with Crippen LogP contribution in [0.2, 0.25) is 0 Å². The lowest BCUT2D eigenvalue weighted by molar-refractivity contribution is -0.385. The number of hydrogen-bond donors (Lipinski definition) is 0. The number of thioether (sulfide) groups is 1. The van der Waals surface area contributed by atoms with E-state index >= 15 is 0 Å². The molecule has 0 radical (unpaired) electrons. The zero-order valence-electron chi connectivity index (χ0n) is 11.9. The Hall–Kier alpha value is -1.89. The summed E-state index contributed by atoms with van der Waals surface area (Å²) in [5.41, 5.74) is 1.26. The van der Waals surface area contributed by atoms with Crippen molar-refractivity contribution < 1.29 is 14.5 Å². The molecule has 0 saturated carbocycles. The molecule has 2 rings (SSSR count). The smallest absolute Gasteiger partial charge is 0.272 e. The van der Waals surface area contributed by atoms with E-state index in [0.29, 0.717) is 30.0 Å². The lowest BCUT2D eigenvalue weighted by atomic mass is 10.1. The summed E-state index contributed by atoms with van der Waals surface area (Å²) in [6.07, 6.45) is 0.413. The second-order valence-electron chi connectivity index (χ2n) is 5.10. The van der Waals surface area contributed by atoms with Crippen molar-refractivity contribution in [3.63, 3.8) is 0 Å². The van der Waals surface area contributed by atoms with Crippen molar-refractivity contribution in [1.29, 1.82) is 0 Å². The molecule has 0 N–H and O–H groups in total. The Morgan fingerprint density at radius 3 is 2.81 bits per heavy atom. The molecule has 1 atom stereocenters. The molecule has 1 fully saturated rings. The maximum absolute atomic E-state index is 12.1. The van der Waals surface area contributed by atoms with Crippen molar-refractivity contribution in [2.75, 3.05) is 17.2 Å². The van der Waals surface area contributed by atoms with Crippen LogP contribution in [0, 0.1) is 23.0 Å². The van der Waals surface area contributed by atoms with Crippen LogP contribution >= 0.6 is 11.8 Å². The standard InChI is InChI=1S/C14H16N2O4S/c1-9-5-12(3-4-13(9)16(19)20)15-7-11(6-14(15)18)8-21-10(2)17/h3-5,11H,6-8H2,1-2H3. The highest BCUT2D eigenvalue weighted by Gasteiger charge is 2.31.